The SMILES string of the molecule is COC(=O)c1ccc(C2C(C#N)=C(N)Oc3cc(C)n(Cc4cccnc4)c(=O)c32)cc1. The van der Waals surface area contributed by atoms with Crippen molar-refractivity contribution in [3.05, 3.63) is 105 Å². The lowest BCUT2D eigenvalue weighted by Gasteiger charge is -2.27. The van der Waals surface area contributed by atoms with E-state index in [-0.39, 0.29) is 17.0 Å². The summed E-state index contributed by atoms with van der Waals surface area (Å²) in [6.07, 6.45) is 3.37. The lowest BCUT2D eigenvalue weighted by atomic mass is 9.83. The number of benzene rings is 1. The van der Waals surface area contributed by atoms with E-state index in [9.17, 15) is 14.9 Å². The van der Waals surface area contributed by atoms with Crippen molar-refractivity contribution in [1.82, 2.24) is 9.55 Å². The van der Waals surface area contributed by atoms with Gasteiger partial charge in [0.05, 0.1) is 30.7 Å². The molecule has 1 atom stereocenters. The summed E-state index contributed by atoms with van der Waals surface area (Å²) in [6, 6.07) is 14.1. The molecular formula is C24H20N4O4. The van der Waals surface area contributed by atoms with Gasteiger partial charge >= 0.3 is 5.97 Å². The summed E-state index contributed by atoms with van der Waals surface area (Å²) >= 11 is 0. The molecule has 3 heterocycles. The van der Waals surface area contributed by atoms with Crippen molar-refractivity contribution in [3.8, 4) is 11.8 Å². The summed E-state index contributed by atoms with van der Waals surface area (Å²) in [7, 11) is 1.30. The third-order valence-corrected chi connectivity index (χ3v) is 5.42. The van der Waals surface area contributed by atoms with Crippen molar-refractivity contribution in [3.63, 3.8) is 0 Å². The summed E-state index contributed by atoms with van der Waals surface area (Å²) in [6.45, 7) is 2.13. The van der Waals surface area contributed by atoms with Gasteiger partial charge in [0.15, 0.2) is 0 Å². The van der Waals surface area contributed by atoms with Gasteiger partial charge in [-0.2, -0.15) is 5.26 Å². The van der Waals surface area contributed by atoms with E-state index >= 15 is 0 Å². The van der Waals surface area contributed by atoms with Crippen LogP contribution in [0.4, 0.5) is 0 Å². The first-order valence-corrected chi connectivity index (χ1v) is 9.83. The van der Waals surface area contributed by atoms with Crippen molar-refractivity contribution < 1.29 is 14.3 Å². The molecule has 32 heavy (non-hydrogen) atoms. The number of nitrogens with zero attached hydrogens (tertiary/aromatic N) is 3. The van der Waals surface area contributed by atoms with Crippen LogP contribution in [0.25, 0.3) is 0 Å². The van der Waals surface area contributed by atoms with E-state index in [0.717, 1.165) is 5.56 Å². The number of methoxy groups -OCH3 is 1. The maximum atomic E-state index is 13.6. The van der Waals surface area contributed by atoms with Crippen LogP contribution in [-0.2, 0) is 11.3 Å². The minimum absolute atomic E-state index is 0.0501. The van der Waals surface area contributed by atoms with Crippen LogP contribution < -0.4 is 16.0 Å². The first-order chi connectivity index (χ1) is 15.4. The number of esters is 1. The molecular weight excluding hydrogens is 408 g/mol. The highest BCUT2D eigenvalue weighted by Gasteiger charge is 2.34. The number of ether oxygens (including phenoxy) is 2. The largest absolute Gasteiger partial charge is 0.465 e. The number of nitrogens with two attached hydrogens (primary N) is 1. The number of aromatic nitrogens is 2. The first kappa shape index (κ1) is 20.9. The van der Waals surface area contributed by atoms with Crippen molar-refractivity contribution in [1.29, 1.82) is 5.26 Å². The monoisotopic (exact) mass is 428 g/mol. The van der Waals surface area contributed by atoms with E-state index in [4.69, 9.17) is 15.2 Å². The van der Waals surface area contributed by atoms with Crippen molar-refractivity contribution in [2.24, 2.45) is 5.73 Å². The minimum Gasteiger partial charge on any atom is -0.465 e. The Labute approximate surface area is 184 Å². The molecule has 8 heteroatoms. The molecule has 2 N–H and O–H groups in total. The molecule has 1 aromatic carbocycles. The number of carbonyl (C=O) groups excluding carboxylic acids is 1. The summed E-state index contributed by atoms with van der Waals surface area (Å²) in [5, 5.41) is 9.79. The number of allylic oxidation sites excluding steroid dienone is 1. The fraction of sp³-hybridized carbons (Fsp3) is 0.167. The van der Waals surface area contributed by atoms with Crippen LogP contribution in [0, 0.1) is 18.3 Å². The Bertz CT molecular complexity index is 1320. The maximum Gasteiger partial charge on any atom is 0.337 e. The summed E-state index contributed by atoms with van der Waals surface area (Å²) in [4.78, 5) is 29.5. The minimum atomic E-state index is -0.733. The van der Waals surface area contributed by atoms with Gasteiger partial charge in [0.1, 0.15) is 17.4 Å². The molecule has 1 unspecified atom stereocenters. The first-order valence-electron chi connectivity index (χ1n) is 9.83. The van der Waals surface area contributed by atoms with E-state index in [2.05, 4.69) is 11.1 Å². The normalized spacial score (nSPS) is 14.8. The quantitative estimate of drug-likeness (QED) is 0.634. The maximum absolute atomic E-state index is 13.6. The third-order valence-electron chi connectivity index (χ3n) is 5.42. The van der Waals surface area contributed by atoms with E-state index in [0.29, 0.717) is 34.7 Å². The van der Waals surface area contributed by atoms with Crippen molar-refractivity contribution in [2.45, 2.75) is 19.4 Å². The number of pyridine rings is 2. The average molecular weight is 428 g/mol. The number of carbonyl (C=O) groups is 1. The lowest BCUT2D eigenvalue weighted by Crippen LogP contribution is -2.33. The molecule has 1 aliphatic heterocycles. The molecule has 0 saturated heterocycles. The number of hydrogen-bond donors (Lipinski definition) is 1. The van der Waals surface area contributed by atoms with Crippen LogP contribution >= 0.6 is 0 Å². The zero-order valence-electron chi connectivity index (χ0n) is 17.5. The molecule has 0 spiro atoms. The summed E-state index contributed by atoms with van der Waals surface area (Å²) < 4.78 is 12.0. The zero-order valence-corrected chi connectivity index (χ0v) is 17.5. The van der Waals surface area contributed by atoms with Gasteiger partial charge in [0.2, 0.25) is 5.88 Å². The van der Waals surface area contributed by atoms with Crippen molar-refractivity contribution >= 4 is 5.97 Å². The number of aryl methyl sites for hydroxylation is 1. The molecule has 4 rings (SSSR count). The standard InChI is InChI=1S/C24H20N4O4/c1-14-10-19-21(23(29)28(14)13-15-4-3-9-27-12-15)20(18(11-25)22(26)32-19)16-5-7-17(8-6-16)24(30)31-2/h3-10,12,20H,13,26H2,1-2H3. The molecule has 3 aromatic rings. The molecule has 0 amide bonds. The van der Waals surface area contributed by atoms with Gasteiger partial charge in [0, 0.05) is 24.2 Å². The fourth-order valence-corrected chi connectivity index (χ4v) is 3.82. The third kappa shape index (κ3) is 3.61. The van der Waals surface area contributed by atoms with Crippen LogP contribution in [-0.4, -0.2) is 22.6 Å². The van der Waals surface area contributed by atoms with Gasteiger partial charge in [-0.1, -0.05) is 18.2 Å². The number of fused-ring (bicyclic) bond motifs is 1. The average Bonchev–Trinajstić information content (AvgIpc) is 2.81. The Morgan fingerprint density at radius 3 is 2.69 bits per heavy atom. The molecule has 2 aromatic heterocycles. The topological polar surface area (TPSA) is 120 Å². The van der Waals surface area contributed by atoms with Gasteiger partial charge in [-0.25, -0.2) is 4.79 Å². The summed E-state index contributed by atoms with van der Waals surface area (Å²) in [5.74, 6) is -0.947. The van der Waals surface area contributed by atoms with E-state index in [1.807, 2.05) is 6.07 Å². The number of hydrogen-bond acceptors (Lipinski definition) is 7. The smallest absolute Gasteiger partial charge is 0.337 e. The fourth-order valence-electron chi connectivity index (χ4n) is 3.82. The molecule has 8 nitrogen and oxygen atoms in total. The highest BCUT2D eigenvalue weighted by atomic mass is 16.5. The second-order valence-corrected chi connectivity index (χ2v) is 7.35. The predicted molar refractivity (Wildman–Crippen MR) is 116 cm³/mol. The molecule has 1 aliphatic rings. The molecule has 0 fully saturated rings. The molecule has 0 saturated carbocycles. The van der Waals surface area contributed by atoms with Crippen LogP contribution in [0.1, 0.15) is 38.7 Å². The van der Waals surface area contributed by atoms with Gasteiger partial charge in [-0.05, 0) is 36.2 Å². The van der Waals surface area contributed by atoms with Crippen molar-refractivity contribution in [2.75, 3.05) is 7.11 Å². The Morgan fingerprint density at radius 1 is 1.31 bits per heavy atom. The Balaban J connectivity index is 1.88. The van der Waals surface area contributed by atoms with E-state index in [1.165, 1.54) is 7.11 Å². The van der Waals surface area contributed by atoms with Gasteiger partial charge in [-0.15, -0.1) is 0 Å². The van der Waals surface area contributed by atoms with Gasteiger partial charge < -0.3 is 19.8 Å². The molecule has 160 valence electrons. The highest BCUT2D eigenvalue weighted by molar-refractivity contribution is 5.89. The lowest BCUT2D eigenvalue weighted by molar-refractivity contribution is 0.0600. The zero-order chi connectivity index (χ0) is 22.8. The number of nitriles is 1. The highest BCUT2D eigenvalue weighted by Crippen LogP contribution is 2.40. The molecule has 0 bridgehead atoms. The van der Waals surface area contributed by atoms with Crippen LogP contribution in [0.2, 0.25) is 0 Å². The second kappa shape index (κ2) is 8.40. The predicted octanol–water partition coefficient (Wildman–Crippen LogP) is 2.60. The molecule has 0 radical (unpaired) electrons. The summed E-state index contributed by atoms with van der Waals surface area (Å²) in [5.41, 5.74) is 8.75. The van der Waals surface area contributed by atoms with Crippen LogP contribution in [0.5, 0.6) is 5.75 Å². The molecule has 0 aliphatic carbocycles. The van der Waals surface area contributed by atoms with Crippen LogP contribution in [0.15, 0.2) is 71.1 Å². The van der Waals surface area contributed by atoms with E-state index < -0.39 is 11.9 Å². The Morgan fingerprint density at radius 2 is 2.06 bits per heavy atom. The number of rotatable bonds is 4. The Hall–Kier alpha value is -4.38. The second-order valence-electron chi connectivity index (χ2n) is 7.35. The van der Waals surface area contributed by atoms with Gasteiger partial charge in [0.25, 0.3) is 5.56 Å². The van der Waals surface area contributed by atoms with Gasteiger partial charge in [-0.3, -0.25) is 9.78 Å². The van der Waals surface area contributed by atoms with E-state index in [1.54, 1.807) is 60.3 Å². The Kier molecular flexibility index (Phi) is 5.48. The van der Waals surface area contributed by atoms with Crippen LogP contribution in [0.3, 0.4) is 0 Å².